The third-order valence-corrected chi connectivity index (χ3v) is 3.16. The molecule has 0 unspecified atom stereocenters. The molecule has 1 aromatic carbocycles. The first-order chi connectivity index (χ1) is 8.25. The van der Waals surface area contributed by atoms with Gasteiger partial charge >= 0.3 is 0 Å². The Balaban J connectivity index is 2.34. The number of rotatable bonds is 1. The number of nitrogens with zero attached hydrogens (tertiary/aromatic N) is 3. The summed E-state index contributed by atoms with van der Waals surface area (Å²) < 4.78 is 5.83. The predicted molar refractivity (Wildman–Crippen MR) is 67.5 cm³/mol. The molecule has 0 saturated carbocycles. The van der Waals surface area contributed by atoms with Gasteiger partial charge in [-0.1, -0.05) is 23.4 Å². The summed E-state index contributed by atoms with van der Waals surface area (Å²) in [6, 6.07) is 7.87. The summed E-state index contributed by atoms with van der Waals surface area (Å²) in [7, 11) is 0. The van der Waals surface area contributed by atoms with E-state index in [0.717, 1.165) is 20.9 Å². The van der Waals surface area contributed by atoms with Crippen LogP contribution in [0.4, 0.5) is 0 Å². The van der Waals surface area contributed by atoms with Crippen molar-refractivity contribution in [2.45, 2.75) is 6.92 Å². The monoisotopic (exact) mass is 289 g/mol. The van der Waals surface area contributed by atoms with E-state index in [1.54, 1.807) is 13.1 Å². The lowest BCUT2D eigenvalue weighted by molar-refractivity contribution is 0.394. The predicted octanol–water partition coefficient (Wildman–Crippen LogP) is 3.36. The number of aryl methyl sites for hydroxylation is 1. The average molecular weight is 290 g/mol. The Morgan fingerprint density at radius 3 is 2.82 bits per heavy atom. The van der Waals surface area contributed by atoms with Gasteiger partial charge in [0, 0.05) is 24.1 Å². The van der Waals surface area contributed by atoms with Crippen LogP contribution in [0, 0.1) is 6.92 Å². The molecule has 0 bridgehead atoms. The molecular weight excluding hydrogens is 282 g/mol. The number of fused-ring (bicyclic) bond motifs is 1. The Bertz CT molecular complexity index is 693. The van der Waals surface area contributed by atoms with Gasteiger partial charge in [0.25, 0.3) is 0 Å². The molecule has 0 spiro atoms. The first-order valence-electron chi connectivity index (χ1n) is 5.09. The van der Waals surface area contributed by atoms with Crippen LogP contribution in [0.1, 0.15) is 5.89 Å². The second-order valence-electron chi connectivity index (χ2n) is 3.64. The van der Waals surface area contributed by atoms with Gasteiger partial charge in [-0.25, -0.2) is 4.98 Å². The van der Waals surface area contributed by atoms with Crippen molar-refractivity contribution in [3.63, 3.8) is 0 Å². The maximum atomic E-state index is 5.01. The van der Waals surface area contributed by atoms with Crippen LogP contribution in [-0.4, -0.2) is 15.1 Å². The van der Waals surface area contributed by atoms with Crippen LogP contribution in [0.15, 0.2) is 39.6 Å². The smallest absolute Gasteiger partial charge is 0.223 e. The van der Waals surface area contributed by atoms with E-state index >= 15 is 0 Å². The summed E-state index contributed by atoms with van der Waals surface area (Å²) >= 11 is 3.43. The van der Waals surface area contributed by atoms with E-state index in [1.165, 1.54) is 0 Å². The SMILES string of the molecule is Cc1nc(-c2cccc3c(Br)nccc23)no1. The molecular formula is C12H8BrN3O. The van der Waals surface area contributed by atoms with Crippen LogP contribution < -0.4 is 0 Å². The fraction of sp³-hybridized carbons (Fsp3) is 0.0833. The molecule has 0 amide bonds. The van der Waals surface area contributed by atoms with Gasteiger partial charge in [-0.15, -0.1) is 0 Å². The minimum Gasteiger partial charge on any atom is -0.339 e. The Morgan fingerprint density at radius 1 is 1.18 bits per heavy atom. The van der Waals surface area contributed by atoms with Crippen molar-refractivity contribution in [2.24, 2.45) is 0 Å². The summed E-state index contributed by atoms with van der Waals surface area (Å²) in [6.45, 7) is 1.78. The molecule has 84 valence electrons. The van der Waals surface area contributed by atoms with Crippen LogP contribution in [0.5, 0.6) is 0 Å². The zero-order valence-corrected chi connectivity index (χ0v) is 10.6. The first kappa shape index (κ1) is 10.4. The van der Waals surface area contributed by atoms with Gasteiger partial charge in [-0.2, -0.15) is 4.98 Å². The summed E-state index contributed by atoms with van der Waals surface area (Å²) in [5.74, 6) is 1.16. The molecule has 0 atom stereocenters. The van der Waals surface area contributed by atoms with Crippen molar-refractivity contribution < 1.29 is 4.52 Å². The van der Waals surface area contributed by atoms with E-state index in [0.29, 0.717) is 11.7 Å². The number of halogens is 1. The molecule has 3 rings (SSSR count). The molecule has 0 N–H and O–H groups in total. The molecule has 0 aliphatic rings. The summed E-state index contributed by atoms with van der Waals surface area (Å²) in [5, 5.41) is 6.03. The third kappa shape index (κ3) is 1.72. The average Bonchev–Trinajstić information content (AvgIpc) is 2.76. The Kier molecular flexibility index (Phi) is 2.40. The molecule has 17 heavy (non-hydrogen) atoms. The molecule has 5 heteroatoms. The van der Waals surface area contributed by atoms with Crippen LogP contribution in [0.25, 0.3) is 22.2 Å². The summed E-state index contributed by atoms with van der Waals surface area (Å²) in [5.41, 5.74) is 0.947. The van der Waals surface area contributed by atoms with E-state index < -0.39 is 0 Å². The van der Waals surface area contributed by atoms with Crippen LogP contribution in [0.2, 0.25) is 0 Å². The van der Waals surface area contributed by atoms with Gasteiger partial charge in [0.15, 0.2) is 0 Å². The molecule has 3 aromatic rings. The zero-order chi connectivity index (χ0) is 11.8. The molecule has 4 nitrogen and oxygen atoms in total. The topological polar surface area (TPSA) is 51.8 Å². The fourth-order valence-electron chi connectivity index (χ4n) is 1.78. The first-order valence-corrected chi connectivity index (χ1v) is 5.89. The number of benzene rings is 1. The number of hydrogen-bond donors (Lipinski definition) is 0. The molecule has 0 radical (unpaired) electrons. The minimum atomic E-state index is 0.560. The normalized spacial score (nSPS) is 10.9. The molecule has 2 aromatic heterocycles. The quantitative estimate of drug-likeness (QED) is 0.645. The molecule has 2 heterocycles. The largest absolute Gasteiger partial charge is 0.339 e. The molecule has 0 fully saturated rings. The van der Waals surface area contributed by atoms with E-state index in [4.69, 9.17) is 4.52 Å². The zero-order valence-electron chi connectivity index (χ0n) is 9.01. The lowest BCUT2D eigenvalue weighted by atomic mass is 10.1. The van der Waals surface area contributed by atoms with E-state index in [2.05, 4.69) is 31.1 Å². The molecule has 0 saturated heterocycles. The van der Waals surface area contributed by atoms with Crippen molar-refractivity contribution in [1.82, 2.24) is 15.1 Å². The third-order valence-electron chi connectivity index (χ3n) is 2.53. The van der Waals surface area contributed by atoms with Crippen LogP contribution in [0.3, 0.4) is 0 Å². The molecule has 0 aliphatic heterocycles. The van der Waals surface area contributed by atoms with Gasteiger partial charge in [0.1, 0.15) is 4.60 Å². The number of hydrogen-bond acceptors (Lipinski definition) is 4. The van der Waals surface area contributed by atoms with E-state index in [1.807, 2.05) is 24.3 Å². The van der Waals surface area contributed by atoms with Crippen LogP contribution in [-0.2, 0) is 0 Å². The van der Waals surface area contributed by atoms with E-state index in [-0.39, 0.29) is 0 Å². The lowest BCUT2D eigenvalue weighted by Crippen LogP contribution is -1.86. The van der Waals surface area contributed by atoms with Gasteiger partial charge in [-0.3, -0.25) is 0 Å². The maximum Gasteiger partial charge on any atom is 0.223 e. The van der Waals surface area contributed by atoms with Crippen molar-refractivity contribution in [1.29, 1.82) is 0 Å². The summed E-state index contributed by atoms with van der Waals surface area (Å²) in [4.78, 5) is 8.45. The maximum absolute atomic E-state index is 5.01. The van der Waals surface area contributed by atoms with Crippen LogP contribution >= 0.6 is 15.9 Å². The highest BCUT2D eigenvalue weighted by Crippen LogP contribution is 2.29. The highest BCUT2D eigenvalue weighted by atomic mass is 79.9. The standard InChI is InChI=1S/C12H8BrN3O/c1-7-15-12(16-17-7)10-4-2-3-9-8(10)5-6-14-11(9)13/h2-6H,1H3. The number of aromatic nitrogens is 3. The van der Waals surface area contributed by atoms with E-state index in [9.17, 15) is 0 Å². The van der Waals surface area contributed by atoms with Crippen molar-refractivity contribution in [2.75, 3.05) is 0 Å². The van der Waals surface area contributed by atoms with Gasteiger partial charge < -0.3 is 4.52 Å². The second-order valence-corrected chi connectivity index (χ2v) is 4.39. The Labute approximate surface area is 106 Å². The van der Waals surface area contributed by atoms with Gasteiger partial charge in [0.2, 0.25) is 11.7 Å². The Morgan fingerprint density at radius 2 is 2.06 bits per heavy atom. The Hall–Kier alpha value is -1.75. The minimum absolute atomic E-state index is 0.560. The summed E-state index contributed by atoms with van der Waals surface area (Å²) in [6.07, 6.45) is 1.75. The molecule has 0 aliphatic carbocycles. The highest BCUT2D eigenvalue weighted by molar-refractivity contribution is 9.10. The van der Waals surface area contributed by atoms with Gasteiger partial charge in [0.05, 0.1) is 0 Å². The highest BCUT2D eigenvalue weighted by Gasteiger charge is 2.10. The van der Waals surface area contributed by atoms with Crippen molar-refractivity contribution in [3.05, 3.63) is 41.0 Å². The fourth-order valence-corrected chi connectivity index (χ4v) is 2.24. The lowest BCUT2D eigenvalue weighted by Gasteiger charge is -2.03. The van der Waals surface area contributed by atoms with Crippen molar-refractivity contribution >= 4 is 26.7 Å². The van der Waals surface area contributed by atoms with Crippen molar-refractivity contribution in [3.8, 4) is 11.4 Å². The van der Waals surface area contributed by atoms with Gasteiger partial charge in [-0.05, 0) is 27.4 Å². The second kappa shape index (κ2) is 3.92. The number of pyridine rings is 1.